The summed E-state index contributed by atoms with van der Waals surface area (Å²) in [6, 6.07) is 11.8. The Kier molecular flexibility index (Phi) is 6.41. The highest BCUT2D eigenvalue weighted by molar-refractivity contribution is 5.76. The van der Waals surface area contributed by atoms with Crippen LogP contribution >= 0.6 is 0 Å². The van der Waals surface area contributed by atoms with E-state index >= 15 is 0 Å². The zero-order chi connectivity index (χ0) is 19.1. The Hall–Kier alpha value is -2.89. The van der Waals surface area contributed by atoms with Crippen LogP contribution in [0.4, 0.5) is 5.82 Å². The molecule has 2 heterocycles. The van der Waals surface area contributed by atoms with Gasteiger partial charge in [-0.3, -0.25) is 4.79 Å². The molecule has 1 amide bonds. The fourth-order valence-corrected chi connectivity index (χ4v) is 3.11. The SMILES string of the molecule is C=CCCC(=O)N1CCN(c2ccc(-c3ccc(OCC)cc3)nn2)CC1. The predicted molar refractivity (Wildman–Crippen MR) is 107 cm³/mol. The second kappa shape index (κ2) is 9.16. The maximum absolute atomic E-state index is 12.1. The monoisotopic (exact) mass is 366 g/mol. The lowest BCUT2D eigenvalue weighted by Crippen LogP contribution is -2.49. The van der Waals surface area contributed by atoms with Crippen LogP contribution < -0.4 is 9.64 Å². The summed E-state index contributed by atoms with van der Waals surface area (Å²) in [4.78, 5) is 16.2. The number of allylic oxidation sites excluding steroid dienone is 1. The van der Waals surface area contributed by atoms with Gasteiger partial charge in [0.1, 0.15) is 5.75 Å². The van der Waals surface area contributed by atoms with Gasteiger partial charge in [-0.25, -0.2) is 0 Å². The van der Waals surface area contributed by atoms with Crippen molar-refractivity contribution in [3.8, 4) is 17.0 Å². The van der Waals surface area contributed by atoms with E-state index in [1.165, 1.54) is 0 Å². The second-order valence-corrected chi connectivity index (χ2v) is 6.43. The number of nitrogens with zero attached hydrogens (tertiary/aromatic N) is 4. The zero-order valence-corrected chi connectivity index (χ0v) is 15.8. The number of aromatic nitrogens is 2. The summed E-state index contributed by atoms with van der Waals surface area (Å²) in [6.45, 7) is 9.28. The Balaban J connectivity index is 1.58. The molecular weight excluding hydrogens is 340 g/mol. The molecule has 1 saturated heterocycles. The van der Waals surface area contributed by atoms with Crippen LogP contribution in [0.2, 0.25) is 0 Å². The minimum atomic E-state index is 0.200. The van der Waals surface area contributed by atoms with Gasteiger partial charge in [-0.2, -0.15) is 0 Å². The van der Waals surface area contributed by atoms with E-state index in [4.69, 9.17) is 4.74 Å². The van der Waals surface area contributed by atoms with Crippen LogP contribution in [-0.2, 0) is 4.79 Å². The Labute approximate surface area is 160 Å². The van der Waals surface area contributed by atoms with Gasteiger partial charge >= 0.3 is 0 Å². The highest BCUT2D eigenvalue weighted by Gasteiger charge is 2.21. The molecule has 0 unspecified atom stereocenters. The topological polar surface area (TPSA) is 58.6 Å². The predicted octanol–water partition coefficient (Wildman–Crippen LogP) is 3.16. The minimum Gasteiger partial charge on any atom is -0.494 e. The van der Waals surface area contributed by atoms with Crippen molar-refractivity contribution in [3.63, 3.8) is 0 Å². The van der Waals surface area contributed by atoms with Crippen LogP contribution in [0.1, 0.15) is 19.8 Å². The van der Waals surface area contributed by atoms with E-state index in [0.717, 1.165) is 55.4 Å². The largest absolute Gasteiger partial charge is 0.494 e. The molecule has 2 aromatic rings. The van der Waals surface area contributed by atoms with Gasteiger partial charge in [-0.1, -0.05) is 6.08 Å². The number of benzene rings is 1. The molecule has 0 radical (unpaired) electrons. The Morgan fingerprint density at radius 3 is 2.44 bits per heavy atom. The number of hydrogen-bond acceptors (Lipinski definition) is 5. The summed E-state index contributed by atoms with van der Waals surface area (Å²) in [6.07, 6.45) is 3.06. The molecule has 0 N–H and O–H groups in total. The molecule has 0 bridgehead atoms. The summed E-state index contributed by atoms with van der Waals surface area (Å²) in [5, 5.41) is 8.76. The molecule has 0 saturated carbocycles. The maximum atomic E-state index is 12.1. The summed E-state index contributed by atoms with van der Waals surface area (Å²) in [5.41, 5.74) is 1.84. The van der Waals surface area contributed by atoms with Crippen molar-refractivity contribution in [2.24, 2.45) is 0 Å². The third-order valence-corrected chi connectivity index (χ3v) is 4.63. The van der Waals surface area contributed by atoms with Crippen molar-refractivity contribution < 1.29 is 9.53 Å². The fourth-order valence-electron chi connectivity index (χ4n) is 3.11. The smallest absolute Gasteiger partial charge is 0.223 e. The Morgan fingerprint density at radius 2 is 1.85 bits per heavy atom. The first-order valence-electron chi connectivity index (χ1n) is 9.42. The number of ether oxygens (including phenoxy) is 1. The quantitative estimate of drug-likeness (QED) is 0.705. The number of hydrogen-bond donors (Lipinski definition) is 0. The Bertz CT molecular complexity index is 751. The van der Waals surface area contributed by atoms with Gasteiger partial charge in [0, 0.05) is 38.2 Å². The van der Waals surface area contributed by atoms with E-state index in [2.05, 4.69) is 21.7 Å². The van der Waals surface area contributed by atoms with E-state index in [1.54, 1.807) is 6.08 Å². The molecule has 142 valence electrons. The molecule has 27 heavy (non-hydrogen) atoms. The van der Waals surface area contributed by atoms with E-state index < -0.39 is 0 Å². The molecule has 0 atom stereocenters. The molecule has 6 nitrogen and oxygen atoms in total. The lowest BCUT2D eigenvalue weighted by Gasteiger charge is -2.35. The van der Waals surface area contributed by atoms with Gasteiger partial charge < -0.3 is 14.5 Å². The number of carbonyl (C=O) groups is 1. The normalized spacial score (nSPS) is 14.1. The summed E-state index contributed by atoms with van der Waals surface area (Å²) < 4.78 is 5.47. The molecule has 1 fully saturated rings. The minimum absolute atomic E-state index is 0.200. The van der Waals surface area contributed by atoms with Crippen LogP contribution in [-0.4, -0.2) is 53.8 Å². The van der Waals surface area contributed by atoms with Gasteiger partial charge in [-0.05, 0) is 49.7 Å². The molecule has 0 spiro atoms. The molecule has 0 aliphatic carbocycles. The van der Waals surface area contributed by atoms with Crippen LogP contribution in [0.15, 0.2) is 49.1 Å². The Morgan fingerprint density at radius 1 is 1.11 bits per heavy atom. The first kappa shape index (κ1) is 18.9. The van der Waals surface area contributed by atoms with Gasteiger partial charge in [-0.15, -0.1) is 16.8 Å². The van der Waals surface area contributed by atoms with Crippen molar-refractivity contribution in [1.82, 2.24) is 15.1 Å². The highest BCUT2D eigenvalue weighted by Crippen LogP contribution is 2.22. The van der Waals surface area contributed by atoms with E-state index in [-0.39, 0.29) is 5.91 Å². The van der Waals surface area contributed by atoms with Crippen molar-refractivity contribution in [2.75, 3.05) is 37.7 Å². The van der Waals surface area contributed by atoms with E-state index in [1.807, 2.05) is 48.2 Å². The third-order valence-electron chi connectivity index (χ3n) is 4.63. The summed E-state index contributed by atoms with van der Waals surface area (Å²) in [5.74, 6) is 1.90. The second-order valence-electron chi connectivity index (χ2n) is 6.43. The van der Waals surface area contributed by atoms with Crippen molar-refractivity contribution in [2.45, 2.75) is 19.8 Å². The highest BCUT2D eigenvalue weighted by atomic mass is 16.5. The average molecular weight is 366 g/mol. The van der Waals surface area contributed by atoms with Gasteiger partial charge in [0.25, 0.3) is 0 Å². The lowest BCUT2D eigenvalue weighted by atomic mass is 10.1. The molecule has 1 aliphatic heterocycles. The first-order chi connectivity index (χ1) is 13.2. The van der Waals surface area contributed by atoms with Crippen LogP contribution in [0.5, 0.6) is 5.75 Å². The van der Waals surface area contributed by atoms with Crippen LogP contribution in [0, 0.1) is 0 Å². The maximum Gasteiger partial charge on any atom is 0.223 e. The summed E-state index contributed by atoms with van der Waals surface area (Å²) >= 11 is 0. The number of carbonyl (C=O) groups excluding carboxylic acids is 1. The lowest BCUT2D eigenvalue weighted by molar-refractivity contribution is -0.131. The van der Waals surface area contributed by atoms with Crippen molar-refractivity contribution >= 4 is 11.7 Å². The van der Waals surface area contributed by atoms with Crippen molar-refractivity contribution in [1.29, 1.82) is 0 Å². The fraction of sp³-hybridized carbons (Fsp3) is 0.381. The van der Waals surface area contributed by atoms with Gasteiger partial charge in [0.15, 0.2) is 5.82 Å². The number of anilines is 1. The van der Waals surface area contributed by atoms with Gasteiger partial charge in [0.2, 0.25) is 5.91 Å². The third kappa shape index (κ3) is 4.84. The molecule has 1 aliphatic rings. The molecular formula is C21H26N4O2. The van der Waals surface area contributed by atoms with E-state index in [0.29, 0.717) is 13.0 Å². The van der Waals surface area contributed by atoms with E-state index in [9.17, 15) is 4.79 Å². The average Bonchev–Trinajstić information content (AvgIpc) is 2.73. The van der Waals surface area contributed by atoms with Gasteiger partial charge in [0.05, 0.1) is 12.3 Å². The zero-order valence-electron chi connectivity index (χ0n) is 15.8. The van der Waals surface area contributed by atoms with Crippen LogP contribution in [0.3, 0.4) is 0 Å². The number of rotatable bonds is 7. The number of amides is 1. The molecule has 3 rings (SSSR count). The molecule has 1 aromatic carbocycles. The number of piperazine rings is 1. The first-order valence-corrected chi connectivity index (χ1v) is 9.42. The molecule has 6 heteroatoms. The van der Waals surface area contributed by atoms with Crippen molar-refractivity contribution in [3.05, 3.63) is 49.1 Å². The summed E-state index contributed by atoms with van der Waals surface area (Å²) in [7, 11) is 0. The van der Waals surface area contributed by atoms with Crippen LogP contribution in [0.25, 0.3) is 11.3 Å². The standard InChI is InChI=1S/C21H26N4O2/c1-3-5-6-21(26)25-15-13-24(14-16-25)20-12-11-19(22-23-20)17-7-9-18(10-8-17)27-4-2/h3,7-12H,1,4-6,13-16H2,2H3. The molecule has 1 aromatic heterocycles.